The molecule has 0 aromatic carbocycles. The highest BCUT2D eigenvalue weighted by Gasteiger charge is 2.21. The minimum absolute atomic E-state index is 0.439. The van der Waals surface area contributed by atoms with Gasteiger partial charge in [-0.3, -0.25) is 4.79 Å². The molecule has 2 rings (SSSR count). The number of carbonyl (C=O) groups is 1. The Hall–Kier alpha value is -1.62. The van der Waals surface area contributed by atoms with Crippen LogP contribution in [0.25, 0.3) is 0 Å². The van der Waals surface area contributed by atoms with Gasteiger partial charge < -0.3 is 16.0 Å². The van der Waals surface area contributed by atoms with Gasteiger partial charge in [-0.25, -0.2) is 4.98 Å². The Balaban J connectivity index is 2.14. The standard InChI is InChI=1S/C12H18N4O/c1-8-6-16(7-9(2)15-8)11-4-3-10(5-14-11)12(13)17/h3-5,8-9,15H,6-7H2,1-2H3,(H2,13,17)/t8-,9+. The van der Waals surface area contributed by atoms with Crippen LogP contribution < -0.4 is 16.0 Å². The molecule has 1 aliphatic heterocycles. The van der Waals surface area contributed by atoms with Gasteiger partial charge in [0.25, 0.3) is 0 Å². The largest absolute Gasteiger partial charge is 0.366 e. The molecule has 5 heteroatoms. The maximum Gasteiger partial charge on any atom is 0.250 e. The summed E-state index contributed by atoms with van der Waals surface area (Å²) in [5.41, 5.74) is 5.63. The summed E-state index contributed by atoms with van der Waals surface area (Å²) in [6, 6.07) is 4.46. The van der Waals surface area contributed by atoms with Crippen molar-refractivity contribution in [3.05, 3.63) is 23.9 Å². The van der Waals surface area contributed by atoms with Gasteiger partial charge in [-0.2, -0.15) is 0 Å². The van der Waals surface area contributed by atoms with E-state index in [1.54, 1.807) is 6.07 Å². The monoisotopic (exact) mass is 234 g/mol. The summed E-state index contributed by atoms with van der Waals surface area (Å²) < 4.78 is 0. The van der Waals surface area contributed by atoms with E-state index < -0.39 is 5.91 Å². The molecule has 0 aliphatic carbocycles. The van der Waals surface area contributed by atoms with Crippen LogP contribution in [0.15, 0.2) is 18.3 Å². The summed E-state index contributed by atoms with van der Waals surface area (Å²) in [4.78, 5) is 17.5. The number of piperazine rings is 1. The number of nitrogens with zero attached hydrogens (tertiary/aromatic N) is 2. The lowest BCUT2D eigenvalue weighted by Gasteiger charge is -2.36. The van der Waals surface area contributed by atoms with E-state index in [2.05, 4.69) is 29.0 Å². The molecule has 2 atom stereocenters. The van der Waals surface area contributed by atoms with E-state index in [-0.39, 0.29) is 0 Å². The zero-order valence-corrected chi connectivity index (χ0v) is 10.2. The van der Waals surface area contributed by atoms with Gasteiger partial charge in [-0.05, 0) is 26.0 Å². The van der Waals surface area contributed by atoms with Gasteiger partial charge in [0.05, 0.1) is 5.56 Å². The molecule has 0 bridgehead atoms. The molecular weight excluding hydrogens is 216 g/mol. The predicted molar refractivity (Wildman–Crippen MR) is 67.0 cm³/mol. The number of pyridine rings is 1. The van der Waals surface area contributed by atoms with Crippen LogP contribution in [0, 0.1) is 0 Å². The molecule has 92 valence electrons. The number of rotatable bonds is 2. The molecule has 2 heterocycles. The van der Waals surface area contributed by atoms with E-state index in [9.17, 15) is 4.79 Å². The second-order valence-electron chi connectivity index (χ2n) is 4.64. The number of hydrogen-bond acceptors (Lipinski definition) is 4. The van der Waals surface area contributed by atoms with Crippen molar-refractivity contribution in [3.8, 4) is 0 Å². The van der Waals surface area contributed by atoms with Crippen LogP contribution in [-0.2, 0) is 0 Å². The quantitative estimate of drug-likeness (QED) is 0.775. The summed E-state index contributed by atoms with van der Waals surface area (Å²) in [5, 5.41) is 3.46. The summed E-state index contributed by atoms with van der Waals surface area (Å²) >= 11 is 0. The molecule has 0 unspecified atom stereocenters. The van der Waals surface area contributed by atoms with Crippen LogP contribution in [0.5, 0.6) is 0 Å². The third kappa shape index (κ3) is 2.74. The van der Waals surface area contributed by atoms with Gasteiger partial charge in [-0.1, -0.05) is 0 Å². The number of primary amides is 1. The summed E-state index contributed by atoms with van der Waals surface area (Å²) in [6.07, 6.45) is 1.54. The Morgan fingerprint density at radius 1 is 1.41 bits per heavy atom. The van der Waals surface area contributed by atoms with E-state index in [1.165, 1.54) is 6.20 Å². The molecule has 1 aromatic heterocycles. The van der Waals surface area contributed by atoms with Crippen molar-refractivity contribution in [2.75, 3.05) is 18.0 Å². The Labute approximate surface area is 101 Å². The minimum atomic E-state index is -0.439. The number of hydrogen-bond donors (Lipinski definition) is 2. The van der Waals surface area contributed by atoms with Crippen LogP contribution in [-0.4, -0.2) is 36.1 Å². The average Bonchev–Trinajstić information content (AvgIpc) is 2.28. The lowest BCUT2D eigenvalue weighted by molar-refractivity contribution is 0.1000. The number of nitrogens with two attached hydrogens (primary N) is 1. The van der Waals surface area contributed by atoms with Crippen molar-refractivity contribution in [2.45, 2.75) is 25.9 Å². The van der Waals surface area contributed by atoms with Crippen molar-refractivity contribution >= 4 is 11.7 Å². The Morgan fingerprint density at radius 3 is 2.53 bits per heavy atom. The number of anilines is 1. The first-order valence-corrected chi connectivity index (χ1v) is 5.83. The summed E-state index contributed by atoms with van der Waals surface area (Å²) in [5.74, 6) is 0.460. The second kappa shape index (κ2) is 4.71. The van der Waals surface area contributed by atoms with Gasteiger partial charge in [0.1, 0.15) is 5.82 Å². The maximum absolute atomic E-state index is 11.0. The number of nitrogens with one attached hydrogen (secondary N) is 1. The first kappa shape index (κ1) is 11.9. The number of amides is 1. The van der Waals surface area contributed by atoms with Gasteiger partial charge in [0, 0.05) is 31.4 Å². The minimum Gasteiger partial charge on any atom is -0.366 e. The highest BCUT2D eigenvalue weighted by Crippen LogP contribution is 2.15. The van der Waals surface area contributed by atoms with Gasteiger partial charge >= 0.3 is 0 Å². The molecule has 17 heavy (non-hydrogen) atoms. The fraction of sp³-hybridized carbons (Fsp3) is 0.500. The normalized spacial score (nSPS) is 24.7. The second-order valence-corrected chi connectivity index (χ2v) is 4.64. The first-order chi connectivity index (χ1) is 8.06. The highest BCUT2D eigenvalue weighted by molar-refractivity contribution is 5.92. The van der Waals surface area contributed by atoms with Crippen molar-refractivity contribution < 1.29 is 4.79 Å². The van der Waals surface area contributed by atoms with Gasteiger partial charge in [0.15, 0.2) is 0 Å². The van der Waals surface area contributed by atoms with Crippen molar-refractivity contribution in [1.29, 1.82) is 0 Å². The van der Waals surface area contributed by atoms with Crippen molar-refractivity contribution in [1.82, 2.24) is 10.3 Å². The molecule has 1 aliphatic rings. The third-order valence-electron chi connectivity index (χ3n) is 2.91. The Bertz CT molecular complexity index is 393. The van der Waals surface area contributed by atoms with Crippen LogP contribution in [0.4, 0.5) is 5.82 Å². The lowest BCUT2D eigenvalue weighted by atomic mass is 10.1. The molecule has 1 amide bonds. The van der Waals surface area contributed by atoms with E-state index in [0.29, 0.717) is 17.6 Å². The predicted octanol–water partition coefficient (Wildman–Crippen LogP) is 0.367. The lowest BCUT2D eigenvalue weighted by Crippen LogP contribution is -2.54. The van der Waals surface area contributed by atoms with E-state index in [0.717, 1.165) is 18.9 Å². The molecule has 5 nitrogen and oxygen atoms in total. The topological polar surface area (TPSA) is 71.2 Å². The molecule has 1 aromatic rings. The molecule has 0 saturated carbocycles. The smallest absolute Gasteiger partial charge is 0.250 e. The summed E-state index contributed by atoms with van der Waals surface area (Å²) in [6.45, 7) is 6.15. The zero-order chi connectivity index (χ0) is 12.4. The summed E-state index contributed by atoms with van der Waals surface area (Å²) in [7, 11) is 0. The van der Waals surface area contributed by atoms with Gasteiger partial charge in [0.2, 0.25) is 5.91 Å². The van der Waals surface area contributed by atoms with Crippen LogP contribution in [0.3, 0.4) is 0 Å². The van der Waals surface area contributed by atoms with Crippen molar-refractivity contribution in [2.24, 2.45) is 5.73 Å². The fourth-order valence-electron chi connectivity index (χ4n) is 2.23. The van der Waals surface area contributed by atoms with Crippen LogP contribution in [0.2, 0.25) is 0 Å². The molecule has 0 radical (unpaired) electrons. The zero-order valence-electron chi connectivity index (χ0n) is 10.2. The third-order valence-corrected chi connectivity index (χ3v) is 2.91. The molecule has 1 fully saturated rings. The average molecular weight is 234 g/mol. The molecule has 0 spiro atoms. The Morgan fingerprint density at radius 2 is 2.06 bits per heavy atom. The van der Waals surface area contributed by atoms with Crippen LogP contribution >= 0.6 is 0 Å². The number of carbonyl (C=O) groups excluding carboxylic acids is 1. The number of aromatic nitrogens is 1. The van der Waals surface area contributed by atoms with E-state index >= 15 is 0 Å². The molecular formula is C12H18N4O. The maximum atomic E-state index is 11.0. The van der Waals surface area contributed by atoms with E-state index in [1.807, 2.05) is 6.07 Å². The van der Waals surface area contributed by atoms with Crippen LogP contribution in [0.1, 0.15) is 24.2 Å². The first-order valence-electron chi connectivity index (χ1n) is 5.83. The molecule has 1 saturated heterocycles. The highest BCUT2D eigenvalue weighted by atomic mass is 16.1. The van der Waals surface area contributed by atoms with Crippen molar-refractivity contribution in [3.63, 3.8) is 0 Å². The Kier molecular flexibility index (Phi) is 3.28. The SMILES string of the molecule is C[C@@H]1CN(c2ccc(C(N)=O)cn2)C[C@H](C)N1. The van der Waals surface area contributed by atoms with E-state index in [4.69, 9.17) is 5.73 Å². The van der Waals surface area contributed by atoms with Gasteiger partial charge in [-0.15, -0.1) is 0 Å². The fourth-order valence-corrected chi connectivity index (χ4v) is 2.23. The molecule has 3 N–H and O–H groups in total.